The summed E-state index contributed by atoms with van der Waals surface area (Å²) in [5.41, 5.74) is 1.03. The van der Waals surface area contributed by atoms with Gasteiger partial charge in [0, 0.05) is 5.92 Å². The van der Waals surface area contributed by atoms with Crippen LogP contribution in [-0.2, 0) is 15.7 Å². The molecule has 1 N–H and O–H groups in total. The van der Waals surface area contributed by atoms with E-state index in [2.05, 4.69) is 0 Å². The van der Waals surface area contributed by atoms with Gasteiger partial charge in [-0.3, -0.25) is 4.79 Å². The zero-order valence-electron chi connectivity index (χ0n) is 15.1. The Morgan fingerprint density at radius 2 is 1.78 bits per heavy atom. The number of phenols is 1. The number of alkyl halides is 3. The number of halogens is 3. The van der Waals surface area contributed by atoms with Gasteiger partial charge in [-0.05, 0) is 53.3 Å². The molecular weight excluding hydrogens is 357 g/mol. The van der Waals surface area contributed by atoms with E-state index in [-0.39, 0.29) is 17.5 Å². The third kappa shape index (κ3) is 4.69. The summed E-state index contributed by atoms with van der Waals surface area (Å²) in [6, 6.07) is 9.53. The molecule has 1 saturated heterocycles. The van der Waals surface area contributed by atoms with Crippen LogP contribution in [0.1, 0.15) is 37.3 Å². The van der Waals surface area contributed by atoms with Crippen molar-refractivity contribution >= 4 is 5.78 Å². The summed E-state index contributed by atoms with van der Waals surface area (Å²) in [7, 11) is 0. The lowest BCUT2D eigenvalue weighted by molar-refractivity contribution is -0.137. The Hall–Kier alpha value is -2.34. The van der Waals surface area contributed by atoms with Gasteiger partial charge in [-0.15, -0.1) is 0 Å². The van der Waals surface area contributed by atoms with Crippen LogP contribution in [0.3, 0.4) is 0 Å². The number of ether oxygens (including phenoxy) is 1. The number of ketones is 1. The molecular formula is C21H21F3O3. The molecule has 2 aromatic carbocycles. The van der Waals surface area contributed by atoms with Crippen LogP contribution in [-0.4, -0.2) is 23.6 Å². The van der Waals surface area contributed by atoms with Crippen LogP contribution in [0, 0.1) is 5.92 Å². The lowest BCUT2D eigenvalue weighted by atomic mass is 9.84. The molecule has 6 heteroatoms. The molecule has 0 saturated carbocycles. The fourth-order valence-electron chi connectivity index (χ4n) is 3.18. The van der Waals surface area contributed by atoms with E-state index in [0.717, 1.165) is 12.1 Å². The summed E-state index contributed by atoms with van der Waals surface area (Å²) in [6.45, 7) is 4.43. The van der Waals surface area contributed by atoms with Crippen molar-refractivity contribution < 1.29 is 27.8 Å². The molecule has 0 spiro atoms. The van der Waals surface area contributed by atoms with Crippen molar-refractivity contribution in [3.05, 3.63) is 53.6 Å². The van der Waals surface area contributed by atoms with Gasteiger partial charge in [-0.1, -0.05) is 32.0 Å². The van der Waals surface area contributed by atoms with Crippen LogP contribution in [0.2, 0.25) is 0 Å². The molecule has 2 aromatic rings. The van der Waals surface area contributed by atoms with Crippen LogP contribution in [0.4, 0.5) is 13.2 Å². The topological polar surface area (TPSA) is 49.8 Å². The maximum Gasteiger partial charge on any atom is 0.416 e. The normalized spacial score (nSPS) is 17.8. The second kappa shape index (κ2) is 7.35. The highest BCUT2D eigenvalue weighted by atomic mass is 19.4. The van der Waals surface area contributed by atoms with E-state index in [1.165, 1.54) is 18.2 Å². The van der Waals surface area contributed by atoms with Crippen molar-refractivity contribution in [2.75, 3.05) is 6.61 Å². The molecule has 0 aliphatic carbocycles. The summed E-state index contributed by atoms with van der Waals surface area (Å²) < 4.78 is 43.4. The monoisotopic (exact) mass is 378 g/mol. The quantitative estimate of drug-likeness (QED) is 0.705. The standard InChI is InChI=1S/C21H21F3O3/c1-12(2)7-18(20(26)19-11-27-19)15-8-14(9-17(25)10-15)13-3-5-16(6-4-13)21(22,23)24/h3-6,8-10,12,18-19,25H,7,11H2,1-2H3. The van der Waals surface area contributed by atoms with Crippen LogP contribution < -0.4 is 0 Å². The van der Waals surface area contributed by atoms with Crippen LogP contribution in [0.5, 0.6) is 5.75 Å². The fraction of sp³-hybridized carbons (Fsp3) is 0.381. The molecule has 1 aliphatic rings. The smallest absolute Gasteiger partial charge is 0.416 e. The van der Waals surface area contributed by atoms with Gasteiger partial charge in [0.25, 0.3) is 0 Å². The van der Waals surface area contributed by atoms with Crippen molar-refractivity contribution in [3.8, 4) is 16.9 Å². The molecule has 3 rings (SSSR count). The Labute approximate surface area is 155 Å². The lowest BCUT2D eigenvalue weighted by Gasteiger charge is -2.19. The second-order valence-electron chi connectivity index (χ2n) is 7.29. The van der Waals surface area contributed by atoms with Gasteiger partial charge in [-0.25, -0.2) is 0 Å². The molecule has 2 atom stereocenters. The maximum atomic E-state index is 12.8. The average Bonchev–Trinajstić information content (AvgIpc) is 3.43. The van der Waals surface area contributed by atoms with Crippen LogP contribution in [0.25, 0.3) is 11.1 Å². The average molecular weight is 378 g/mol. The Bertz CT molecular complexity index is 822. The van der Waals surface area contributed by atoms with Crippen LogP contribution >= 0.6 is 0 Å². The Balaban J connectivity index is 1.96. The molecule has 0 aromatic heterocycles. The van der Waals surface area contributed by atoms with Crippen molar-refractivity contribution in [2.45, 2.75) is 38.5 Å². The number of hydrogen-bond acceptors (Lipinski definition) is 3. The number of rotatable bonds is 6. The van der Waals surface area contributed by atoms with E-state index < -0.39 is 23.8 Å². The fourth-order valence-corrected chi connectivity index (χ4v) is 3.18. The zero-order valence-corrected chi connectivity index (χ0v) is 15.1. The van der Waals surface area contributed by atoms with E-state index in [1.54, 1.807) is 12.1 Å². The first-order valence-electron chi connectivity index (χ1n) is 8.82. The summed E-state index contributed by atoms with van der Waals surface area (Å²) in [5, 5.41) is 10.1. The molecule has 1 fully saturated rings. The SMILES string of the molecule is CC(C)CC(C(=O)C1CO1)c1cc(O)cc(-c2ccc(C(F)(F)F)cc2)c1. The van der Waals surface area contributed by atoms with E-state index in [0.29, 0.717) is 29.7 Å². The number of epoxide rings is 1. The molecule has 0 bridgehead atoms. The second-order valence-corrected chi connectivity index (χ2v) is 7.29. The Morgan fingerprint density at radius 1 is 1.15 bits per heavy atom. The summed E-state index contributed by atoms with van der Waals surface area (Å²) in [5.74, 6) is -0.208. The largest absolute Gasteiger partial charge is 0.508 e. The maximum absolute atomic E-state index is 12.8. The first-order valence-corrected chi connectivity index (χ1v) is 8.82. The summed E-state index contributed by atoms with van der Waals surface area (Å²) in [6.07, 6.45) is -4.19. The predicted octanol–water partition coefficient (Wildman–Crippen LogP) is 5.18. The minimum absolute atomic E-state index is 0.0207. The number of benzene rings is 2. The van der Waals surface area contributed by atoms with Gasteiger partial charge in [0.1, 0.15) is 11.9 Å². The minimum atomic E-state index is -4.40. The molecule has 3 nitrogen and oxygen atoms in total. The molecule has 0 radical (unpaired) electrons. The minimum Gasteiger partial charge on any atom is -0.508 e. The molecule has 27 heavy (non-hydrogen) atoms. The zero-order chi connectivity index (χ0) is 19.8. The predicted molar refractivity (Wildman–Crippen MR) is 95.5 cm³/mol. The first kappa shape index (κ1) is 19.4. The van der Waals surface area contributed by atoms with Crippen molar-refractivity contribution in [3.63, 3.8) is 0 Å². The Kier molecular flexibility index (Phi) is 5.29. The summed E-state index contributed by atoms with van der Waals surface area (Å²) >= 11 is 0. The third-order valence-electron chi connectivity index (χ3n) is 4.59. The number of phenolic OH excluding ortho intramolecular Hbond substituents is 1. The third-order valence-corrected chi connectivity index (χ3v) is 4.59. The number of carbonyl (C=O) groups excluding carboxylic acids is 1. The number of hydrogen-bond donors (Lipinski definition) is 1. The molecule has 1 aliphatic heterocycles. The number of aromatic hydroxyl groups is 1. The van der Waals surface area contributed by atoms with E-state index >= 15 is 0 Å². The molecule has 144 valence electrons. The van der Waals surface area contributed by atoms with Gasteiger partial charge in [-0.2, -0.15) is 13.2 Å². The van der Waals surface area contributed by atoms with Crippen molar-refractivity contribution in [2.24, 2.45) is 5.92 Å². The Morgan fingerprint density at radius 3 is 2.30 bits per heavy atom. The van der Waals surface area contributed by atoms with E-state index in [1.807, 2.05) is 13.8 Å². The van der Waals surface area contributed by atoms with E-state index in [4.69, 9.17) is 4.74 Å². The van der Waals surface area contributed by atoms with Crippen molar-refractivity contribution in [1.82, 2.24) is 0 Å². The molecule has 0 amide bonds. The van der Waals surface area contributed by atoms with Gasteiger partial charge in [0.05, 0.1) is 12.2 Å². The molecule has 2 unspecified atom stereocenters. The highest BCUT2D eigenvalue weighted by Gasteiger charge is 2.37. The van der Waals surface area contributed by atoms with E-state index in [9.17, 15) is 23.1 Å². The summed E-state index contributed by atoms with van der Waals surface area (Å²) in [4.78, 5) is 12.6. The molecule has 1 heterocycles. The van der Waals surface area contributed by atoms with Gasteiger partial charge < -0.3 is 9.84 Å². The van der Waals surface area contributed by atoms with Crippen molar-refractivity contribution in [1.29, 1.82) is 0 Å². The van der Waals surface area contributed by atoms with Crippen LogP contribution in [0.15, 0.2) is 42.5 Å². The van der Waals surface area contributed by atoms with Gasteiger partial charge in [0.15, 0.2) is 5.78 Å². The van der Waals surface area contributed by atoms with Gasteiger partial charge >= 0.3 is 6.18 Å². The number of Topliss-reactive ketones (excluding diaryl/α,β-unsaturated/α-hetero) is 1. The number of carbonyl (C=O) groups is 1. The first-order chi connectivity index (χ1) is 12.6. The highest BCUT2D eigenvalue weighted by Crippen LogP contribution is 2.36. The van der Waals surface area contributed by atoms with Gasteiger partial charge in [0.2, 0.25) is 0 Å². The highest BCUT2D eigenvalue weighted by molar-refractivity contribution is 5.91. The lowest BCUT2D eigenvalue weighted by Crippen LogP contribution is -2.20.